The van der Waals surface area contributed by atoms with E-state index in [-0.39, 0.29) is 11.8 Å². The Morgan fingerprint density at radius 1 is 1.27 bits per heavy atom. The molecule has 0 radical (unpaired) electrons. The fourth-order valence-corrected chi connectivity index (χ4v) is 2.50. The van der Waals surface area contributed by atoms with Crippen LogP contribution in [0.25, 0.3) is 0 Å². The summed E-state index contributed by atoms with van der Waals surface area (Å²) in [5.74, 6) is -1.94. The molecule has 1 aromatic heterocycles. The number of rotatable bonds is 6. The van der Waals surface area contributed by atoms with Gasteiger partial charge in [-0.1, -0.05) is 24.3 Å². The van der Waals surface area contributed by atoms with Gasteiger partial charge in [0, 0.05) is 18.9 Å². The number of hydrogen-bond acceptors (Lipinski definition) is 3. The summed E-state index contributed by atoms with van der Waals surface area (Å²) in [7, 11) is 0. The summed E-state index contributed by atoms with van der Waals surface area (Å²) >= 11 is 0. The third kappa shape index (κ3) is 3.33. The quantitative estimate of drug-likeness (QED) is 0.841. The first-order valence-corrected chi connectivity index (χ1v) is 7.19. The molecule has 1 aromatic carbocycles. The number of nitrogens with one attached hydrogen (secondary N) is 1. The minimum absolute atomic E-state index is 0.176. The highest BCUT2D eigenvalue weighted by Crippen LogP contribution is 2.38. The molecule has 6 nitrogen and oxygen atoms in total. The molecule has 6 heteroatoms. The van der Waals surface area contributed by atoms with E-state index in [2.05, 4.69) is 10.4 Å². The van der Waals surface area contributed by atoms with Crippen LogP contribution in [-0.4, -0.2) is 26.8 Å². The van der Waals surface area contributed by atoms with E-state index < -0.39 is 11.9 Å². The lowest BCUT2D eigenvalue weighted by Gasteiger charge is -2.07. The van der Waals surface area contributed by atoms with Crippen molar-refractivity contribution in [2.24, 2.45) is 11.8 Å². The van der Waals surface area contributed by atoms with E-state index in [4.69, 9.17) is 5.11 Å². The van der Waals surface area contributed by atoms with Crippen molar-refractivity contribution in [1.82, 2.24) is 15.1 Å². The maximum atomic E-state index is 11.8. The fraction of sp³-hybridized carbons (Fsp3) is 0.312. The molecule has 22 heavy (non-hydrogen) atoms. The first-order chi connectivity index (χ1) is 10.6. The summed E-state index contributed by atoms with van der Waals surface area (Å²) in [6.07, 6.45) is 4.08. The third-order valence-electron chi connectivity index (χ3n) is 3.81. The van der Waals surface area contributed by atoms with Gasteiger partial charge in [-0.15, -0.1) is 0 Å². The molecule has 0 saturated heterocycles. The first kappa shape index (κ1) is 14.3. The van der Waals surface area contributed by atoms with E-state index in [0.717, 1.165) is 11.1 Å². The predicted octanol–water partition coefficient (Wildman–Crippen LogP) is 1.27. The zero-order valence-corrected chi connectivity index (χ0v) is 12.0. The van der Waals surface area contributed by atoms with Crippen molar-refractivity contribution in [3.05, 3.63) is 53.9 Å². The molecule has 1 amide bonds. The largest absolute Gasteiger partial charge is 0.481 e. The first-order valence-electron chi connectivity index (χ1n) is 7.19. The highest BCUT2D eigenvalue weighted by molar-refractivity contribution is 5.89. The number of carboxylic acid groups (broad SMARTS) is 1. The van der Waals surface area contributed by atoms with E-state index in [1.165, 1.54) is 0 Å². The van der Waals surface area contributed by atoms with Crippen molar-refractivity contribution >= 4 is 11.9 Å². The van der Waals surface area contributed by atoms with Gasteiger partial charge >= 0.3 is 5.97 Å². The number of nitrogens with zero attached hydrogens (tertiary/aromatic N) is 2. The highest BCUT2D eigenvalue weighted by atomic mass is 16.4. The number of amides is 1. The molecule has 3 rings (SSSR count). The van der Waals surface area contributed by atoms with Gasteiger partial charge < -0.3 is 10.4 Å². The number of carbonyl (C=O) groups excluding carboxylic acids is 1. The van der Waals surface area contributed by atoms with Gasteiger partial charge in [-0.3, -0.25) is 14.3 Å². The zero-order chi connectivity index (χ0) is 15.5. The summed E-state index contributed by atoms with van der Waals surface area (Å²) in [6.45, 7) is 1.09. The summed E-state index contributed by atoms with van der Waals surface area (Å²) in [4.78, 5) is 22.6. The number of carboxylic acids is 1. The number of benzene rings is 1. The lowest BCUT2D eigenvalue weighted by Crippen LogP contribution is -2.26. The van der Waals surface area contributed by atoms with Crippen LogP contribution in [0.15, 0.2) is 42.7 Å². The van der Waals surface area contributed by atoms with Crippen LogP contribution in [0.3, 0.4) is 0 Å². The van der Waals surface area contributed by atoms with Crippen molar-refractivity contribution in [3.8, 4) is 0 Å². The molecule has 0 aliphatic heterocycles. The molecular formula is C16H17N3O3. The predicted molar refractivity (Wildman–Crippen MR) is 78.9 cm³/mol. The molecule has 0 spiro atoms. The van der Waals surface area contributed by atoms with E-state index >= 15 is 0 Å². The van der Waals surface area contributed by atoms with Crippen molar-refractivity contribution in [2.45, 2.75) is 19.5 Å². The highest BCUT2D eigenvalue weighted by Gasteiger charge is 2.48. The maximum absolute atomic E-state index is 11.8. The van der Waals surface area contributed by atoms with E-state index in [1.807, 2.05) is 41.2 Å². The van der Waals surface area contributed by atoms with E-state index in [0.29, 0.717) is 19.5 Å². The van der Waals surface area contributed by atoms with E-state index in [1.54, 1.807) is 6.20 Å². The average molecular weight is 299 g/mol. The van der Waals surface area contributed by atoms with Crippen molar-refractivity contribution in [1.29, 1.82) is 0 Å². The molecule has 1 saturated carbocycles. The van der Waals surface area contributed by atoms with Gasteiger partial charge in [-0.25, -0.2) is 0 Å². The topological polar surface area (TPSA) is 84.2 Å². The number of aromatic nitrogens is 2. The second-order valence-electron chi connectivity index (χ2n) is 5.53. The molecule has 2 N–H and O–H groups in total. The average Bonchev–Trinajstić information content (AvgIpc) is 3.17. The van der Waals surface area contributed by atoms with Gasteiger partial charge in [-0.2, -0.15) is 5.10 Å². The van der Waals surface area contributed by atoms with Crippen LogP contribution in [0, 0.1) is 11.8 Å². The smallest absolute Gasteiger partial charge is 0.307 e. The van der Waals surface area contributed by atoms with E-state index in [9.17, 15) is 9.59 Å². The zero-order valence-electron chi connectivity index (χ0n) is 12.0. The minimum atomic E-state index is -0.888. The standard InChI is InChI=1S/C16H17N3O3/c20-15(13-8-14(13)16(21)22)17-9-11-3-1-4-12(7-11)10-19-6-2-5-18-19/h1-7,13-14H,8-10H2,(H,17,20)(H,21,22)/t13-,14+/m0/s1. The number of aliphatic carboxylic acids is 1. The molecule has 114 valence electrons. The Balaban J connectivity index is 1.55. The van der Waals surface area contributed by atoms with Crippen LogP contribution in [0.1, 0.15) is 17.5 Å². The summed E-state index contributed by atoms with van der Waals surface area (Å²) in [6, 6.07) is 9.78. The molecule has 1 aliphatic carbocycles. The van der Waals surface area contributed by atoms with Gasteiger partial charge in [0.15, 0.2) is 0 Å². The molecule has 2 aromatic rings. The van der Waals surface area contributed by atoms with Crippen molar-refractivity contribution in [3.63, 3.8) is 0 Å². The van der Waals surface area contributed by atoms with Crippen LogP contribution in [-0.2, 0) is 22.7 Å². The van der Waals surface area contributed by atoms with Gasteiger partial charge in [0.1, 0.15) is 0 Å². The minimum Gasteiger partial charge on any atom is -0.481 e. The second kappa shape index (κ2) is 6.01. The Morgan fingerprint density at radius 2 is 2.09 bits per heavy atom. The van der Waals surface area contributed by atoms with Crippen molar-refractivity contribution in [2.75, 3.05) is 0 Å². The SMILES string of the molecule is O=C(NCc1cccc(Cn2cccn2)c1)[C@H]1C[C@H]1C(=O)O. The number of hydrogen-bond donors (Lipinski definition) is 2. The second-order valence-corrected chi connectivity index (χ2v) is 5.53. The lowest BCUT2D eigenvalue weighted by molar-refractivity contribution is -0.140. The van der Waals surface area contributed by atoms with Gasteiger partial charge in [-0.05, 0) is 23.6 Å². The monoisotopic (exact) mass is 299 g/mol. The van der Waals surface area contributed by atoms with Crippen LogP contribution in [0.5, 0.6) is 0 Å². The lowest BCUT2D eigenvalue weighted by atomic mass is 10.1. The summed E-state index contributed by atoms with van der Waals surface area (Å²) in [5.41, 5.74) is 2.09. The summed E-state index contributed by atoms with van der Waals surface area (Å²) in [5, 5.41) is 15.8. The summed E-state index contributed by atoms with van der Waals surface area (Å²) < 4.78 is 1.83. The molecular weight excluding hydrogens is 282 g/mol. The van der Waals surface area contributed by atoms with Gasteiger partial charge in [0.25, 0.3) is 0 Å². The molecule has 1 fully saturated rings. The molecule has 2 atom stereocenters. The Hall–Kier alpha value is -2.63. The van der Waals surface area contributed by atoms with Crippen molar-refractivity contribution < 1.29 is 14.7 Å². The van der Waals surface area contributed by atoms with Crippen LogP contribution in [0.2, 0.25) is 0 Å². The van der Waals surface area contributed by atoms with Crippen LogP contribution >= 0.6 is 0 Å². The Kier molecular flexibility index (Phi) is 3.91. The Morgan fingerprint density at radius 3 is 2.77 bits per heavy atom. The third-order valence-corrected chi connectivity index (χ3v) is 3.81. The molecule has 0 bridgehead atoms. The maximum Gasteiger partial charge on any atom is 0.307 e. The fourth-order valence-electron chi connectivity index (χ4n) is 2.50. The van der Waals surface area contributed by atoms with Crippen LogP contribution < -0.4 is 5.32 Å². The Labute approximate surface area is 127 Å². The number of carbonyl (C=O) groups is 2. The molecule has 1 heterocycles. The van der Waals surface area contributed by atoms with Gasteiger partial charge in [0.05, 0.1) is 18.4 Å². The van der Waals surface area contributed by atoms with Crippen LogP contribution in [0.4, 0.5) is 0 Å². The normalized spacial score (nSPS) is 19.6. The Bertz CT molecular complexity index is 682. The molecule has 1 aliphatic rings. The van der Waals surface area contributed by atoms with Gasteiger partial charge in [0.2, 0.25) is 5.91 Å². The molecule has 0 unspecified atom stereocenters.